The minimum atomic E-state index is -0.604. The number of amides is 3. The van der Waals surface area contributed by atoms with Crippen molar-refractivity contribution in [1.29, 1.82) is 0 Å². The number of carbonyl (C=O) groups excluding carboxylic acids is 3. The molecule has 0 bridgehead atoms. The lowest BCUT2D eigenvalue weighted by molar-refractivity contribution is -0.122. The van der Waals surface area contributed by atoms with Crippen molar-refractivity contribution in [3.8, 4) is 0 Å². The standard InChI is InChI=1S/C10H15N5O4/c11-8(16)3-15(4-9(12)17)2-7-1-6(5-19-7)10(18)14-13/h1,5H,2-4,13H2,(H2,11,16)(H2,12,17)(H,14,18). The van der Waals surface area contributed by atoms with Crippen LogP contribution in [0.4, 0.5) is 0 Å². The van der Waals surface area contributed by atoms with E-state index in [-0.39, 0.29) is 25.2 Å². The van der Waals surface area contributed by atoms with E-state index in [2.05, 4.69) is 0 Å². The highest BCUT2D eigenvalue weighted by Gasteiger charge is 2.15. The van der Waals surface area contributed by atoms with Crippen molar-refractivity contribution in [2.75, 3.05) is 13.1 Å². The smallest absolute Gasteiger partial charge is 0.268 e. The third kappa shape index (κ3) is 4.77. The van der Waals surface area contributed by atoms with Crippen molar-refractivity contribution >= 4 is 17.7 Å². The molecule has 19 heavy (non-hydrogen) atoms. The molecule has 9 heteroatoms. The van der Waals surface area contributed by atoms with Crippen LogP contribution < -0.4 is 22.7 Å². The van der Waals surface area contributed by atoms with Gasteiger partial charge in [-0.05, 0) is 6.07 Å². The first-order valence-corrected chi connectivity index (χ1v) is 5.29. The van der Waals surface area contributed by atoms with Crippen molar-refractivity contribution in [3.05, 3.63) is 23.7 Å². The quantitative estimate of drug-likeness (QED) is 0.246. The Balaban J connectivity index is 2.72. The molecule has 104 valence electrons. The summed E-state index contributed by atoms with van der Waals surface area (Å²) in [6, 6.07) is 1.44. The summed E-state index contributed by atoms with van der Waals surface area (Å²) in [7, 11) is 0. The van der Waals surface area contributed by atoms with Crippen LogP contribution in [0.3, 0.4) is 0 Å². The van der Waals surface area contributed by atoms with E-state index in [0.29, 0.717) is 5.76 Å². The van der Waals surface area contributed by atoms with Crippen LogP contribution in [-0.4, -0.2) is 35.7 Å². The van der Waals surface area contributed by atoms with Gasteiger partial charge in [-0.3, -0.25) is 24.7 Å². The van der Waals surface area contributed by atoms with Gasteiger partial charge in [-0.1, -0.05) is 0 Å². The van der Waals surface area contributed by atoms with Gasteiger partial charge in [0.05, 0.1) is 25.2 Å². The molecule has 1 aromatic heterocycles. The van der Waals surface area contributed by atoms with Crippen molar-refractivity contribution in [2.45, 2.75) is 6.54 Å². The first-order valence-electron chi connectivity index (χ1n) is 5.29. The number of nitrogens with one attached hydrogen (secondary N) is 1. The van der Waals surface area contributed by atoms with Crippen molar-refractivity contribution in [2.24, 2.45) is 17.3 Å². The fourth-order valence-corrected chi connectivity index (χ4v) is 1.49. The monoisotopic (exact) mass is 269 g/mol. The predicted molar refractivity (Wildman–Crippen MR) is 64.0 cm³/mol. The second kappa shape index (κ2) is 6.52. The second-order valence-electron chi connectivity index (χ2n) is 3.85. The molecular formula is C10H15N5O4. The number of hydrogen-bond acceptors (Lipinski definition) is 6. The summed E-state index contributed by atoms with van der Waals surface area (Å²) >= 11 is 0. The Hall–Kier alpha value is -2.39. The molecule has 1 aromatic rings. The van der Waals surface area contributed by atoms with Gasteiger partial charge in [-0.25, -0.2) is 5.84 Å². The van der Waals surface area contributed by atoms with Gasteiger partial charge < -0.3 is 15.9 Å². The molecule has 0 radical (unpaired) electrons. The second-order valence-corrected chi connectivity index (χ2v) is 3.85. The molecule has 3 amide bonds. The zero-order valence-electron chi connectivity index (χ0n) is 10.1. The van der Waals surface area contributed by atoms with E-state index < -0.39 is 17.7 Å². The molecule has 0 aliphatic heterocycles. The first kappa shape index (κ1) is 14.7. The molecule has 0 aliphatic rings. The van der Waals surface area contributed by atoms with E-state index in [0.717, 1.165) is 0 Å². The Morgan fingerprint density at radius 1 is 1.21 bits per heavy atom. The molecule has 0 aromatic carbocycles. The molecular weight excluding hydrogens is 254 g/mol. The summed E-state index contributed by atoms with van der Waals surface area (Å²) < 4.78 is 5.12. The number of nitrogen functional groups attached to an aromatic ring is 1. The minimum absolute atomic E-state index is 0.115. The Labute approximate surface area is 108 Å². The van der Waals surface area contributed by atoms with Gasteiger partial charge in [-0.15, -0.1) is 0 Å². The van der Waals surface area contributed by atoms with Gasteiger partial charge >= 0.3 is 0 Å². The van der Waals surface area contributed by atoms with Crippen LogP contribution >= 0.6 is 0 Å². The average Bonchev–Trinajstić information content (AvgIpc) is 2.74. The van der Waals surface area contributed by atoms with E-state index >= 15 is 0 Å². The summed E-state index contributed by atoms with van der Waals surface area (Å²) in [4.78, 5) is 34.3. The third-order valence-electron chi connectivity index (χ3n) is 2.19. The minimum Gasteiger partial charge on any atom is -0.467 e. The molecule has 0 saturated heterocycles. The van der Waals surface area contributed by atoms with Crippen molar-refractivity contribution in [1.82, 2.24) is 10.3 Å². The molecule has 0 aliphatic carbocycles. The van der Waals surface area contributed by atoms with E-state index in [9.17, 15) is 14.4 Å². The highest BCUT2D eigenvalue weighted by Crippen LogP contribution is 2.10. The summed E-state index contributed by atoms with van der Waals surface area (Å²) in [6.07, 6.45) is 1.21. The maximum atomic E-state index is 11.2. The molecule has 0 spiro atoms. The Morgan fingerprint density at radius 3 is 2.26 bits per heavy atom. The fourth-order valence-electron chi connectivity index (χ4n) is 1.49. The van der Waals surface area contributed by atoms with Gasteiger partial charge in [-0.2, -0.15) is 0 Å². The van der Waals surface area contributed by atoms with E-state index in [1.54, 1.807) is 0 Å². The number of hydrogen-bond donors (Lipinski definition) is 4. The van der Waals surface area contributed by atoms with E-state index in [1.807, 2.05) is 5.43 Å². The topological polar surface area (TPSA) is 158 Å². The number of nitrogens with zero attached hydrogens (tertiary/aromatic N) is 1. The number of rotatable bonds is 7. The molecule has 0 saturated carbocycles. The van der Waals surface area contributed by atoms with Gasteiger partial charge in [0.1, 0.15) is 12.0 Å². The van der Waals surface area contributed by atoms with Crippen LogP contribution in [0.2, 0.25) is 0 Å². The molecule has 0 atom stereocenters. The zero-order chi connectivity index (χ0) is 14.4. The van der Waals surface area contributed by atoms with Crippen LogP contribution in [-0.2, 0) is 16.1 Å². The van der Waals surface area contributed by atoms with E-state index in [4.69, 9.17) is 21.7 Å². The lowest BCUT2D eigenvalue weighted by Gasteiger charge is -2.16. The number of nitrogens with two attached hydrogens (primary N) is 3. The largest absolute Gasteiger partial charge is 0.467 e. The number of primary amides is 2. The first-order chi connectivity index (χ1) is 8.92. The number of hydrazine groups is 1. The summed E-state index contributed by atoms with van der Waals surface area (Å²) in [5, 5.41) is 0. The maximum Gasteiger partial charge on any atom is 0.268 e. The summed E-state index contributed by atoms with van der Waals surface area (Å²) in [5.74, 6) is 3.63. The number of carbonyl (C=O) groups is 3. The molecule has 0 fully saturated rings. The van der Waals surface area contributed by atoms with Crippen LogP contribution in [0.1, 0.15) is 16.1 Å². The Bertz CT molecular complexity index is 468. The predicted octanol–water partition coefficient (Wildman–Crippen LogP) is -2.34. The van der Waals surface area contributed by atoms with Crippen molar-refractivity contribution in [3.63, 3.8) is 0 Å². The maximum absolute atomic E-state index is 11.2. The highest BCUT2D eigenvalue weighted by atomic mass is 16.3. The van der Waals surface area contributed by atoms with Gasteiger partial charge in [0.2, 0.25) is 11.8 Å². The third-order valence-corrected chi connectivity index (χ3v) is 2.19. The highest BCUT2D eigenvalue weighted by molar-refractivity contribution is 5.93. The average molecular weight is 269 g/mol. The summed E-state index contributed by atoms with van der Waals surface area (Å²) in [6.45, 7) is -0.187. The summed E-state index contributed by atoms with van der Waals surface area (Å²) in [5.41, 5.74) is 12.3. The molecule has 1 rings (SSSR count). The molecule has 9 nitrogen and oxygen atoms in total. The SMILES string of the molecule is NNC(=O)c1coc(CN(CC(N)=O)CC(N)=O)c1. The van der Waals surface area contributed by atoms with Crippen molar-refractivity contribution < 1.29 is 18.8 Å². The van der Waals surface area contributed by atoms with Crippen LogP contribution in [0, 0.1) is 0 Å². The number of furan rings is 1. The normalized spacial score (nSPS) is 10.4. The fraction of sp³-hybridized carbons (Fsp3) is 0.300. The van der Waals surface area contributed by atoms with Gasteiger partial charge in [0.25, 0.3) is 5.91 Å². The molecule has 7 N–H and O–H groups in total. The van der Waals surface area contributed by atoms with Gasteiger partial charge in [0.15, 0.2) is 0 Å². The Morgan fingerprint density at radius 2 is 1.79 bits per heavy atom. The van der Waals surface area contributed by atoms with Gasteiger partial charge in [0, 0.05) is 0 Å². The van der Waals surface area contributed by atoms with Crippen LogP contribution in [0.25, 0.3) is 0 Å². The van der Waals surface area contributed by atoms with Crippen LogP contribution in [0.5, 0.6) is 0 Å². The Kier molecular flexibility index (Phi) is 5.03. The zero-order valence-corrected chi connectivity index (χ0v) is 10.1. The van der Waals surface area contributed by atoms with Crippen LogP contribution in [0.15, 0.2) is 16.7 Å². The lowest BCUT2D eigenvalue weighted by Crippen LogP contribution is -2.39. The molecule has 0 unspecified atom stereocenters. The van der Waals surface area contributed by atoms with E-state index in [1.165, 1.54) is 17.2 Å². The lowest BCUT2D eigenvalue weighted by atomic mass is 10.3. The molecule has 1 heterocycles.